The van der Waals surface area contributed by atoms with Crippen LogP contribution in [0, 0.1) is 0 Å². The summed E-state index contributed by atoms with van der Waals surface area (Å²) >= 11 is 0. The first kappa shape index (κ1) is 20.8. The van der Waals surface area contributed by atoms with Gasteiger partial charge in [0.05, 0.1) is 7.11 Å². The van der Waals surface area contributed by atoms with Crippen LogP contribution in [0.25, 0.3) is 0 Å². The molecule has 0 aliphatic carbocycles. The lowest BCUT2D eigenvalue weighted by molar-refractivity contribution is -0.146. The van der Waals surface area contributed by atoms with Crippen LogP contribution in [0.5, 0.6) is 5.75 Å². The van der Waals surface area contributed by atoms with Gasteiger partial charge in [0.1, 0.15) is 12.3 Å². The van der Waals surface area contributed by atoms with Gasteiger partial charge in [0, 0.05) is 16.7 Å². The zero-order valence-electron chi connectivity index (χ0n) is 16.4. The number of amides is 1. The molecule has 0 saturated heterocycles. The number of hydrogen-bond donors (Lipinski definition) is 1. The van der Waals surface area contributed by atoms with Gasteiger partial charge in [-0.2, -0.15) is 0 Å². The highest BCUT2D eigenvalue weighted by atomic mass is 16.5. The summed E-state index contributed by atoms with van der Waals surface area (Å²) in [4.78, 5) is 37.6. The number of carbonyl (C=O) groups excluding carboxylic acids is 3. The van der Waals surface area contributed by atoms with Crippen LogP contribution in [0.15, 0.2) is 84.9 Å². The number of esters is 1. The monoisotopic (exact) mass is 403 g/mol. The largest absolute Gasteiger partial charge is 0.497 e. The van der Waals surface area contributed by atoms with Crippen LogP contribution in [0.2, 0.25) is 0 Å². The maximum Gasteiger partial charge on any atom is 0.326 e. The second-order valence-corrected chi connectivity index (χ2v) is 6.43. The van der Waals surface area contributed by atoms with E-state index >= 15 is 0 Å². The lowest BCUT2D eigenvalue weighted by Gasteiger charge is -2.17. The standard InChI is InChI=1S/C24H21NO5/c1-29-20-14-8-13-19(15-20)24(28)25-16-21(26)30-23(18-11-6-3-7-12-18)22(27)17-9-4-2-5-10-17/h2-15,23H,16H2,1H3,(H,25,28)/t23-/m0/s1. The fraction of sp³-hybridized carbons (Fsp3) is 0.125. The Labute approximate surface area is 174 Å². The van der Waals surface area contributed by atoms with Gasteiger partial charge in [0.2, 0.25) is 5.78 Å². The van der Waals surface area contributed by atoms with E-state index in [4.69, 9.17) is 9.47 Å². The van der Waals surface area contributed by atoms with Crippen molar-refractivity contribution in [3.8, 4) is 5.75 Å². The maximum atomic E-state index is 12.9. The summed E-state index contributed by atoms with van der Waals surface area (Å²) in [5, 5.41) is 2.51. The molecule has 6 heteroatoms. The first-order chi connectivity index (χ1) is 14.6. The lowest BCUT2D eigenvalue weighted by Crippen LogP contribution is -2.32. The molecule has 1 N–H and O–H groups in total. The molecule has 0 radical (unpaired) electrons. The second kappa shape index (κ2) is 10.0. The number of hydrogen-bond acceptors (Lipinski definition) is 5. The highest BCUT2D eigenvalue weighted by Crippen LogP contribution is 2.22. The predicted octanol–water partition coefficient (Wildman–Crippen LogP) is 3.59. The van der Waals surface area contributed by atoms with E-state index in [1.165, 1.54) is 7.11 Å². The Kier molecular flexibility index (Phi) is 6.95. The zero-order chi connectivity index (χ0) is 21.3. The summed E-state index contributed by atoms with van der Waals surface area (Å²) in [5.74, 6) is -0.974. The van der Waals surface area contributed by atoms with Crippen molar-refractivity contribution < 1.29 is 23.9 Å². The summed E-state index contributed by atoms with van der Waals surface area (Å²) in [5.41, 5.74) is 1.33. The molecule has 1 amide bonds. The molecule has 0 spiro atoms. The van der Waals surface area contributed by atoms with Crippen LogP contribution in [-0.4, -0.2) is 31.3 Å². The molecule has 0 heterocycles. The fourth-order valence-corrected chi connectivity index (χ4v) is 2.85. The van der Waals surface area contributed by atoms with Crippen LogP contribution in [-0.2, 0) is 9.53 Å². The van der Waals surface area contributed by atoms with Gasteiger partial charge in [0.25, 0.3) is 5.91 Å². The van der Waals surface area contributed by atoms with Gasteiger partial charge in [-0.15, -0.1) is 0 Å². The third-order valence-electron chi connectivity index (χ3n) is 4.37. The van der Waals surface area contributed by atoms with Crippen LogP contribution < -0.4 is 10.1 Å². The van der Waals surface area contributed by atoms with Crippen molar-refractivity contribution in [3.05, 3.63) is 102 Å². The molecule has 0 bridgehead atoms. The van der Waals surface area contributed by atoms with E-state index in [1.54, 1.807) is 78.9 Å². The van der Waals surface area contributed by atoms with E-state index < -0.39 is 18.0 Å². The summed E-state index contributed by atoms with van der Waals surface area (Å²) in [7, 11) is 1.50. The Morgan fingerprint density at radius 3 is 2.13 bits per heavy atom. The molecule has 30 heavy (non-hydrogen) atoms. The Balaban J connectivity index is 1.69. The van der Waals surface area contributed by atoms with Crippen molar-refractivity contribution in [2.24, 2.45) is 0 Å². The van der Waals surface area contributed by atoms with Crippen molar-refractivity contribution >= 4 is 17.7 Å². The Morgan fingerprint density at radius 1 is 0.833 bits per heavy atom. The minimum Gasteiger partial charge on any atom is -0.497 e. The number of ether oxygens (including phenoxy) is 2. The quantitative estimate of drug-likeness (QED) is 0.459. The van der Waals surface area contributed by atoms with E-state index in [1.807, 2.05) is 6.07 Å². The van der Waals surface area contributed by atoms with Gasteiger partial charge < -0.3 is 14.8 Å². The normalized spacial score (nSPS) is 11.2. The first-order valence-electron chi connectivity index (χ1n) is 9.34. The molecule has 3 aromatic rings. The van der Waals surface area contributed by atoms with Gasteiger partial charge in [0.15, 0.2) is 6.10 Å². The van der Waals surface area contributed by atoms with Crippen molar-refractivity contribution in [1.29, 1.82) is 0 Å². The highest BCUT2D eigenvalue weighted by Gasteiger charge is 2.26. The first-order valence-corrected chi connectivity index (χ1v) is 9.34. The predicted molar refractivity (Wildman–Crippen MR) is 111 cm³/mol. The number of Topliss-reactive ketones (excluding diaryl/α,β-unsaturated/α-hetero) is 1. The molecule has 0 aliphatic rings. The molecule has 152 valence electrons. The molecule has 1 atom stereocenters. The lowest BCUT2D eigenvalue weighted by atomic mass is 10.00. The third-order valence-corrected chi connectivity index (χ3v) is 4.37. The van der Waals surface area contributed by atoms with Gasteiger partial charge in [-0.1, -0.05) is 66.7 Å². The summed E-state index contributed by atoms with van der Waals surface area (Å²) in [6.07, 6.45) is -1.10. The molecule has 0 saturated carbocycles. The molecule has 0 aliphatic heterocycles. The van der Waals surface area contributed by atoms with Gasteiger partial charge in [-0.25, -0.2) is 0 Å². The number of nitrogens with one attached hydrogen (secondary N) is 1. The van der Waals surface area contributed by atoms with E-state index in [9.17, 15) is 14.4 Å². The zero-order valence-corrected chi connectivity index (χ0v) is 16.4. The molecular weight excluding hydrogens is 382 g/mol. The summed E-state index contributed by atoms with van der Waals surface area (Å²) in [6.45, 7) is -0.374. The average molecular weight is 403 g/mol. The summed E-state index contributed by atoms with van der Waals surface area (Å²) in [6, 6.07) is 23.9. The second-order valence-electron chi connectivity index (χ2n) is 6.43. The summed E-state index contributed by atoms with van der Waals surface area (Å²) < 4.78 is 10.5. The van der Waals surface area contributed by atoms with E-state index in [-0.39, 0.29) is 12.3 Å². The minimum atomic E-state index is -1.10. The van der Waals surface area contributed by atoms with E-state index in [0.717, 1.165) is 0 Å². The molecule has 3 rings (SSSR count). The van der Waals surface area contributed by atoms with Crippen LogP contribution in [0.4, 0.5) is 0 Å². The van der Waals surface area contributed by atoms with Gasteiger partial charge >= 0.3 is 5.97 Å². The van der Waals surface area contributed by atoms with Crippen LogP contribution in [0.3, 0.4) is 0 Å². The number of benzene rings is 3. The topological polar surface area (TPSA) is 81.7 Å². The minimum absolute atomic E-state index is 0.339. The Morgan fingerprint density at radius 2 is 1.47 bits per heavy atom. The van der Waals surface area contributed by atoms with Crippen LogP contribution >= 0.6 is 0 Å². The molecule has 6 nitrogen and oxygen atoms in total. The van der Waals surface area contributed by atoms with E-state index in [0.29, 0.717) is 22.4 Å². The smallest absolute Gasteiger partial charge is 0.326 e. The van der Waals surface area contributed by atoms with E-state index in [2.05, 4.69) is 5.32 Å². The fourth-order valence-electron chi connectivity index (χ4n) is 2.85. The van der Waals surface area contributed by atoms with Gasteiger partial charge in [-0.3, -0.25) is 14.4 Å². The van der Waals surface area contributed by atoms with Crippen molar-refractivity contribution in [2.75, 3.05) is 13.7 Å². The molecule has 3 aromatic carbocycles. The van der Waals surface area contributed by atoms with Crippen LogP contribution in [0.1, 0.15) is 32.4 Å². The SMILES string of the molecule is COc1cccc(C(=O)NCC(=O)O[C@H](C(=O)c2ccccc2)c2ccccc2)c1. The van der Waals surface area contributed by atoms with Crippen molar-refractivity contribution in [1.82, 2.24) is 5.32 Å². The average Bonchev–Trinajstić information content (AvgIpc) is 2.81. The number of carbonyl (C=O) groups is 3. The number of rotatable bonds is 8. The molecule has 0 aromatic heterocycles. The maximum absolute atomic E-state index is 12.9. The highest BCUT2D eigenvalue weighted by molar-refractivity contribution is 6.01. The molecular formula is C24H21NO5. The molecule has 0 fully saturated rings. The number of methoxy groups -OCH3 is 1. The van der Waals surface area contributed by atoms with Crippen molar-refractivity contribution in [2.45, 2.75) is 6.10 Å². The van der Waals surface area contributed by atoms with Crippen molar-refractivity contribution in [3.63, 3.8) is 0 Å². The molecule has 0 unspecified atom stereocenters. The Hall–Kier alpha value is -3.93. The van der Waals surface area contributed by atoms with Gasteiger partial charge in [-0.05, 0) is 18.2 Å². The number of ketones is 1. The third kappa shape index (κ3) is 5.32. The Bertz CT molecular complexity index is 1020.